The molecule has 0 aliphatic rings. The lowest BCUT2D eigenvalue weighted by atomic mass is 10.3. The Morgan fingerprint density at radius 2 is 2.05 bits per heavy atom. The molecule has 21 heavy (non-hydrogen) atoms. The second-order valence-electron chi connectivity index (χ2n) is 4.60. The number of hydrogen-bond donors (Lipinski definition) is 2. The zero-order chi connectivity index (χ0) is 15.8. The summed E-state index contributed by atoms with van der Waals surface area (Å²) < 4.78 is 40.9. The molecule has 1 aromatic carbocycles. The van der Waals surface area contributed by atoms with Crippen molar-refractivity contribution in [3.05, 3.63) is 44.9 Å². The molecule has 1 aromatic heterocycles. The van der Waals surface area contributed by atoms with Gasteiger partial charge in [-0.05, 0) is 38.1 Å². The fraction of sp³-hybridized carbons (Fsp3) is 0.231. The number of aryl methyl sites for hydroxylation is 1. The minimum atomic E-state index is -4.06. The molecule has 114 valence electrons. The summed E-state index contributed by atoms with van der Waals surface area (Å²) in [5.41, 5.74) is 5.11. The molecule has 0 bridgehead atoms. The molecule has 1 atom stereocenters. The van der Waals surface area contributed by atoms with Crippen molar-refractivity contribution in [3.8, 4) is 0 Å². The van der Waals surface area contributed by atoms with Gasteiger partial charge in [-0.3, -0.25) is 0 Å². The van der Waals surface area contributed by atoms with Gasteiger partial charge in [0.15, 0.2) is 5.82 Å². The second kappa shape index (κ2) is 5.92. The number of thiophene rings is 1. The van der Waals surface area contributed by atoms with Crippen LogP contribution in [0.25, 0.3) is 0 Å². The summed E-state index contributed by atoms with van der Waals surface area (Å²) >= 11 is 7.22. The fourth-order valence-corrected chi connectivity index (χ4v) is 4.42. The number of rotatable bonds is 4. The number of benzene rings is 1. The summed E-state index contributed by atoms with van der Waals surface area (Å²) in [6.45, 7) is 3.61. The number of halogens is 2. The number of nitrogens with two attached hydrogens (primary N) is 1. The number of anilines is 1. The standard InChI is InChI=1S/C13H14ClFN2O2S2/c1-7-3-4-11(20-7)8(2)17-21(18,19)12-6-9(14)5-10(16)13(12)15/h3-6,8,17H,16H2,1-2H3. The zero-order valence-corrected chi connectivity index (χ0v) is 13.7. The highest BCUT2D eigenvalue weighted by Crippen LogP contribution is 2.28. The molecule has 3 N–H and O–H groups in total. The van der Waals surface area contributed by atoms with Crippen LogP contribution in [0, 0.1) is 12.7 Å². The van der Waals surface area contributed by atoms with Crippen LogP contribution in [0.2, 0.25) is 5.02 Å². The molecule has 2 rings (SSSR count). The van der Waals surface area contributed by atoms with E-state index < -0.39 is 26.8 Å². The number of nitrogen functional groups attached to an aromatic ring is 1. The van der Waals surface area contributed by atoms with E-state index in [-0.39, 0.29) is 10.7 Å². The summed E-state index contributed by atoms with van der Waals surface area (Å²) in [5, 5.41) is 0.0638. The van der Waals surface area contributed by atoms with Gasteiger partial charge in [0.2, 0.25) is 10.0 Å². The van der Waals surface area contributed by atoms with Gasteiger partial charge in [-0.2, -0.15) is 0 Å². The quantitative estimate of drug-likeness (QED) is 0.831. The van der Waals surface area contributed by atoms with Crippen LogP contribution in [0.1, 0.15) is 22.7 Å². The normalized spacial score (nSPS) is 13.3. The van der Waals surface area contributed by atoms with Gasteiger partial charge in [0.05, 0.1) is 11.7 Å². The largest absolute Gasteiger partial charge is 0.396 e. The van der Waals surface area contributed by atoms with Gasteiger partial charge >= 0.3 is 0 Å². The van der Waals surface area contributed by atoms with E-state index in [9.17, 15) is 12.8 Å². The zero-order valence-electron chi connectivity index (χ0n) is 11.4. The first-order valence-electron chi connectivity index (χ1n) is 6.04. The molecule has 2 aromatic rings. The maximum atomic E-state index is 13.9. The van der Waals surface area contributed by atoms with Crippen LogP contribution in [0.3, 0.4) is 0 Å². The third-order valence-electron chi connectivity index (χ3n) is 2.84. The van der Waals surface area contributed by atoms with Crippen molar-refractivity contribution in [2.45, 2.75) is 24.8 Å². The third kappa shape index (κ3) is 3.55. The number of nitrogens with one attached hydrogen (secondary N) is 1. The molecule has 1 heterocycles. The van der Waals surface area contributed by atoms with E-state index in [1.54, 1.807) is 6.92 Å². The SMILES string of the molecule is Cc1ccc(C(C)NS(=O)(=O)c2cc(Cl)cc(N)c2F)s1. The van der Waals surface area contributed by atoms with Crippen molar-refractivity contribution in [3.63, 3.8) is 0 Å². The van der Waals surface area contributed by atoms with E-state index in [0.717, 1.165) is 15.8 Å². The van der Waals surface area contributed by atoms with Crippen molar-refractivity contribution in [1.82, 2.24) is 4.72 Å². The Kier molecular flexibility index (Phi) is 4.57. The minimum absolute atomic E-state index is 0.0638. The summed E-state index contributed by atoms with van der Waals surface area (Å²) in [5.74, 6) is -0.999. The molecule has 0 amide bonds. The maximum Gasteiger partial charge on any atom is 0.244 e. The molecular weight excluding hydrogens is 335 g/mol. The van der Waals surface area contributed by atoms with E-state index in [1.807, 2.05) is 19.1 Å². The van der Waals surface area contributed by atoms with Crippen molar-refractivity contribution < 1.29 is 12.8 Å². The van der Waals surface area contributed by atoms with Crippen LogP contribution < -0.4 is 10.5 Å². The third-order valence-corrected chi connectivity index (χ3v) is 5.78. The first-order valence-corrected chi connectivity index (χ1v) is 8.71. The Morgan fingerprint density at radius 3 is 2.62 bits per heavy atom. The van der Waals surface area contributed by atoms with E-state index in [1.165, 1.54) is 17.4 Å². The van der Waals surface area contributed by atoms with Gasteiger partial charge in [-0.1, -0.05) is 11.6 Å². The Hall–Kier alpha value is -1.15. The highest BCUT2D eigenvalue weighted by atomic mass is 35.5. The highest BCUT2D eigenvalue weighted by molar-refractivity contribution is 7.89. The summed E-state index contributed by atoms with van der Waals surface area (Å²) in [6.07, 6.45) is 0. The van der Waals surface area contributed by atoms with Crippen molar-refractivity contribution in [1.29, 1.82) is 0 Å². The van der Waals surface area contributed by atoms with E-state index in [2.05, 4.69) is 4.72 Å². The van der Waals surface area contributed by atoms with E-state index in [4.69, 9.17) is 17.3 Å². The predicted octanol–water partition coefficient (Wildman–Crippen LogP) is 3.47. The summed E-state index contributed by atoms with van der Waals surface area (Å²) in [7, 11) is -4.06. The minimum Gasteiger partial charge on any atom is -0.396 e. The lowest BCUT2D eigenvalue weighted by molar-refractivity contribution is 0.549. The molecule has 4 nitrogen and oxygen atoms in total. The molecule has 0 fully saturated rings. The first kappa shape index (κ1) is 16.2. The average Bonchev–Trinajstić information content (AvgIpc) is 2.80. The van der Waals surface area contributed by atoms with Crippen molar-refractivity contribution in [2.24, 2.45) is 0 Å². The van der Waals surface area contributed by atoms with Gasteiger partial charge < -0.3 is 5.73 Å². The van der Waals surface area contributed by atoms with Gasteiger partial charge in [0, 0.05) is 14.8 Å². The summed E-state index contributed by atoms with van der Waals surface area (Å²) in [6, 6.07) is 5.45. The molecule has 0 radical (unpaired) electrons. The first-order chi connectivity index (χ1) is 9.70. The van der Waals surface area contributed by atoms with E-state index >= 15 is 0 Å². The lowest BCUT2D eigenvalue weighted by Crippen LogP contribution is -2.27. The maximum absolute atomic E-state index is 13.9. The topological polar surface area (TPSA) is 72.2 Å². The van der Waals surface area contributed by atoms with Crippen LogP contribution >= 0.6 is 22.9 Å². The lowest BCUT2D eigenvalue weighted by Gasteiger charge is -2.14. The highest BCUT2D eigenvalue weighted by Gasteiger charge is 2.24. The van der Waals surface area contributed by atoms with Crippen molar-refractivity contribution in [2.75, 3.05) is 5.73 Å². The molecule has 0 spiro atoms. The predicted molar refractivity (Wildman–Crippen MR) is 83.6 cm³/mol. The van der Waals surface area contributed by atoms with Crippen LogP contribution in [-0.4, -0.2) is 8.42 Å². The van der Waals surface area contributed by atoms with Crippen LogP contribution in [0.5, 0.6) is 0 Å². The number of hydrogen-bond acceptors (Lipinski definition) is 4. The van der Waals surface area contributed by atoms with Gasteiger partial charge in [-0.25, -0.2) is 17.5 Å². The van der Waals surface area contributed by atoms with E-state index in [0.29, 0.717) is 0 Å². The smallest absolute Gasteiger partial charge is 0.244 e. The Balaban J connectivity index is 2.35. The molecular formula is C13H14ClFN2O2S2. The van der Waals surface area contributed by atoms with Crippen LogP contribution in [0.4, 0.5) is 10.1 Å². The average molecular weight is 349 g/mol. The Labute approximate surface area is 131 Å². The summed E-state index contributed by atoms with van der Waals surface area (Å²) in [4.78, 5) is 1.35. The van der Waals surface area contributed by atoms with Crippen molar-refractivity contribution >= 4 is 38.6 Å². The van der Waals surface area contributed by atoms with Crippen LogP contribution in [-0.2, 0) is 10.0 Å². The molecule has 0 aliphatic heterocycles. The molecule has 0 saturated heterocycles. The van der Waals surface area contributed by atoms with Crippen LogP contribution in [0.15, 0.2) is 29.2 Å². The van der Waals surface area contributed by atoms with Gasteiger partial charge in [0.25, 0.3) is 0 Å². The monoisotopic (exact) mass is 348 g/mol. The second-order valence-corrected chi connectivity index (χ2v) is 8.04. The van der Waals surface area contributed by atoms with Gasteiger partial charge in [-0.15, -0.1) is 11.3 Å². The molecule has 0 saturated carbocycles. The Bertz CT molecular complexity index is 774. The number of sulfonamides is 1. The Morgan fingerprint density at radius 1 is 1.38 bits per heavy atom. The van der Waals surface area contributed by atoms with Gasteiger partial charge in [0.1, 0.15) is 4.90 Å². The molecule has 8 heteroatoms. The molecule has 1 unspecified atom stereocenters. The molecule has 0 aliphatic carbocycles. The fourth-order valence-electron chi connectivity index (χ4n) is 1.82.